The second-order valence-electron chi connectivity index (χ2n) is 7.43. The Kier molecular flexibility index (Phi) is 11.3. The van der Waals surface area contributed by atoms with E-state index >= 15 is 0 Å². The van der Waals surface area contributed by atoms with Crippen LogP contribution >= 0.6 is 0 Å². The molecule has 0 atom stereocenters. The predicted molar refractivity (Wildman–Crippen MR) is 105 cm³/mol. The van der Waals surface area contributed by atoms with E-state index in [1.807, 2.05) is 0 Å². The fourth-order valence-corrected chi connectivity index (χ4v) is 1.94. The van der Waals surface area contributed by atoms with Crippen LogP contribution in [-0.4, -0.2) is 54.1 Å². The highest BCUT2D eigenvalue weighted by Crippen LogP contribution is 2.24. The highest BCUT2D eigenvalue weighted by atomic mass is 16.5. The first-order chi connectivity index (χ1) is 12.4. The van der Waals surface area contributed by atoms with Gasteiger partial charge in [0.1, 0.15) is 12.4 Å². The lowest BCUT2D eigenvalue weighted by molar-refractivity contribution is -0.159. The Labute approximate surface area is 161 Å². The Morgan fingerprint density at radius 3 is 2.15 bits per heavy atom. The molecule has 27 heavy (non-hydrogen) atoms. The first kappa shape index (κ1) is 24.9. The van der Waals surface area contributed by atoms with E-state index in [0.29, 0.717) is 25.7 Å². The van der Waals surface area contributed by atoms with Gasteiger partial charge in [0.05, 0.1) is 13.2 Å². The average Bonchev–Trinajstić information content (AvgIpc) is 2.54. The van der Waals surface area contributed by atoms with Crippen molar-refractivity contribution in [1.29, 1.82) is 0 Å². The van der Waals surface area contributed by atoms with Crippen molar-refractivity contribution < 1.29 is 29.3 Å². The number of rotatable bonds is 8. The van der Waals surface area contributed by atoms with Gasteiger partial charge in [-0.25, -0.2) is 9.59 Å². The van der Waals surface area contributed by atoms with E-state index in [-0.39, 0.29) is 5.54 Å². The molecule has 0 aliphatic heterocycles. The highest BCUT2D eigenvalue weighted by molar-refractivity contribution is 6.27. The number of benzene rings is 1. The molecule has 0 amide bonds. The second-order valence-corrected chi connectivity index (χ2v) is 7.43. The molecule has 0 bridgehead atoms. The van der Waals surface area contributed by atoms with Crippen molar-refractivity contribution in [1.82, 2.24) is 5.32 Å². The molecule has 1 aromatic carbocycles. The van der Waals surface area contributed by atoms with Crippen LogP contribution in [-0.2, 0) is 14.3 Å². The van der Waals surface area contributed by atoms with Gasteiger partial charge in [0.15, 0.2) is 0 Å². The Balaban J connectivity index is 0.000000972. The van der Waals surface area contributed by atoms with E-state index in [2.05, 4.69) is 65.1 Å². The SMILES string of the molecule is Cc1ccc(C(C)C)cc1OCCOCCNC(C)(C)C.O=C(O)C(=O)O. The van der Waals surface area contributed by atoms with E-state index in [9.17, 15) is 0 Å². The van der Waals surface area contributed by atoms with Crippen molar-refractivity contribution in [3.63, 3.8) is 0 Å². The third-order valence-corrected chi connectivity index (χ3v) is 3.45. The van der Waals surface area contributed by atoms with E-state index in [1.54, 1.807) is 0 Å². The van der Waals surface area contributed by atoms with Gasteiger partial charge in [-0.05, 0) is 50.8 Å². The zero-order valence-corrected chi connectivity index (χ0v) is 17.2. The third-order valence-electron chi connectivity index (χ3n) is 3.45. The minimum Gasteiger partial charge on any atom is -0.491 e. The Hall–Kier alpha value is -2.12. The summed E-state index contributed by atoms with van der Waals surface area (Å²) < 4.78 is 11.4. The highest BCUT2D eigenvalue weighted by Gasteiger charge is 2.07. The monoisotopic (exact) mass is 383 g/mol. The molecule has 3 N–H and O–H groups in total. The summed E-state index contributed by atoms with van der Waals surface area (Å²) in [4.78, 5) is 18.2. The number of carboxylic acids is 2. The van der Waals surface area contributed by atoms with Gasteiger partial charge in [0.25, 0.3) is 0 Å². The third kappa shape index (κ3) is 12.8. The molecular weight excluding hydrogens is 350 g/mol. The molecule has 0 spiro atoms. The predicted octanol–water partition coefficient (Wildman–Crippen LogP) is 3.06. The molecule has 1 aromatic rings. The molecule has 154 valence electrons. The van der Waals surface area contributed by atoms with E-state index in [0.717, 1.165) is 12.3 Å². The number of nitrogens with one attached hydrogen (secondary N) is 1. The zero-order valence-electron chi connectivity index (χ0n) is 17.2. The van der Waals surface area contributed by atoms with Crippen LogP contribution in [0.4, 0.5) is 0 Å². The summed E-state index contributed by atoms with van der Waals surface area (Å²) in [5.74, 6) is -2.16. The Bertz CT molecular complexity index is 581. The van der Waals surface area contributed by atoms with E-state index in [4.69, 9.17) is 29.3 Å². The summed E-state index contributed by atoms with van der Waals surface area (Å²) in [5, 5.41) is 18.2. The lowest BCUT2D eigenvalue weighted by Gasteiger charge is -2.20. The molecule has 0 aliphatic carbocycles. The van der Waals surface area contributed by atoms with Crippen LogP contribution in [0.5, 0.6) is 5.75 Å². The molecule has 0 radical (unpaired) electrons. The van der Waals surface area contributed by atoms with Crippen molar-refractivity contribution in [3.8, 4) is 5.75 Å². The summed E-state index contributed by atoms with van der Waals surface area (Å²) in [6, 6.07) is 6.43. The molecule has 1 rings (SSSR count). The molecule has 0 heterocycles. The Morgan fingerprint density at radius 1 is 1.07 bits per heavy atom. The van der Waals surface area contributed by atoms with Gasteiger partial charge in [0.2, 0.25) is 0 Å². The number of aryl methyl sites for hydroxylation is 1. The number of hydrogen-bond acceptors (Lipinski definition) is 5. The maximum Gasteiger partial charge on any atom is 0.414 e. The van der Waals surface area contributed by atoms with Crippen molar-refractivity contribution in [2.24, 2.45) is 0 Å². The fraction of sp³-hybridized carbons (Fsp3) is 0.600. The van der Waals surface area contributed by atoms with Gasteiger partial charge >= 0.3 is 11.9 Å². The van der Waals surface area contributed by atoms with Crippen molar-refractivity contribution in [3.05, 3.63) is 29.3 Å². The minimum absolute atomic E-state index is 0.147. The van der Waals surface area contributed by atoms with Crippen molar-refractivity contribution in [2.75, 3.05) is 26.4 Å². The van der Waals surface area contributed by atoms with Gasteiger partial charge in [-0.2, -0.15) is 0 Å². The lowest BCUT2D eigenvalue weighted by atomic mass is 10.0. The van der Waals surface area contributed by atoms with E-state index in [1.165, 1.54) is 11.1 Å². The lowest BCUT2D eigenvalue weighted by Crippen LogP contribution is -2.38. The average molecular weight is 383 g/mol. The number of aliphatic carboxylic acids is 2. The summed E-state index contributed by atoms with van der Waals surface area (Å²) in [7, 11) is 0. The van der Waals surface area contributed by atoms with E-state index < -0.39 is 11.9 Å². The van der Waals surface area contributed by atoms with Crippen LogP contribution in [0.15, 0.2) is 18.2 Å². The number of ether oxygens (including phenoxy) is 2. The van der Waals surface area contributed by atoms with Crippen LogP contribution in [0.2, 0.25) is 0 Å². The molecule has 7 nitrogen and oxygen atoms in total. The first-order valence-corrected chi connectivity index (χ1v) is 8.96. The topological polar surface area (TPSA) is 105 Å². The van der Waals surface area contributed by atoms with Gasteiger partial charge in [-0.1, -0.05) is 26.0 Å². The smallest absolute Gasteiger partial charge is 0.414 e. The number of hydrogen-bond donors (Lipinski definition) is 3. The largest absolute Gasteiger partial charge is 0.491 e. The van der Waals surface area contributed by atoms with Crippen LogP contribution < -0.4 is 10.1 Å². The van der Waals surface area contributed by atoms with Gasteiger partial charge in [0, 0.05) is 12.1 Å². The maximum absolute atomic E-state index is 9.10. The van der Waals surface area contributed by atoms with Crippen molar-refractivity contribution in [2.45, 2.75) is 53.0 Å². The molecule has 7 heteroatoms. The standard InChI is InChI=1S/C18H31NO2.C2H2O4/c1-14(2)16-8-7-15(3)17(13-16)21-12-11-20-10-9-19-18(4,5)6;3-1(4)2(5)6/h7-8,13-14,19H,9-12H2,1-6H3;(H,3,4)(H,5,6). The van der Waals surface area contributed by atoms with Crippen LogP contribution in [0.3, 0.4) is 0 Å². The Morgan fingerprint density at radius 2 is 1.67 bits per heavy atom. The minimum atomic E-state index is -1.82. The molecule has 0 aliphatic rings. The summed E-state index contributed by atoms with van der Waals surface area (Å²) in [6.45, 7) is 15.7. The fourth-order valence-electron chi connectivity index (χ4n) is 1.94. The number of carboxylic acid groups (broad SMARTS) is 2. The van der Waals surface area contributed by atoms with Crippen LogP contribution in [0.1, 0.15) is 51.7 Å². The van der Waals surface area contributed by atoms with Crippen molar-refractivity contribution >= 4 is 11.9 Å². The van der Waals surface area contributed by atoms with Gasteiger partial charge < -0.3 is 25.0 Å². The van der Waals surface area contributed by atoms with Crippen LogP contribution in [0.25, 0.3) is 0 Å². The quantitative estimate of drug-likeness (QED) is 0.468. The summed E-state index contributed by atoms with van der Waals surface area (Å²) in [6.07, 6.45) is 0. The maximum atomic E-state index is 9.10. The normalized spacial score (nSPS) is 10.9. The number of carbonyl (C=O) groups is 2. The molecule has 0 saturated heterocycles. The molecule has 0 saturated carbocycles. The second kappa shape index (κ2) is 12.3. The van der Waals surface area contributed by atoms with Crippen LogP contribution in [0, 0.1) is 6.92 Å². The summed E-state index contributed by atoms with van der Waals surface area (Å²) >= 11 is 0. The first-order valence-electron chi connectivity index (χ1n) is 8.96. The van der Waals surface area contributed by atoms with Gasteiger partial charge in [-0.3, -0.25) is 0 Å². The summed E-state index contributed by atoms with van der Waals surface area (Å²) in [5.41, 5.74) is 2.63. The molecule has 0 aromatic heterocycles. The zero-order chi connectivity index (χ0) is 21.0. The molecule has 0 fully saturated rings. The molecule has 0 unspecified atom stereocenters. The molecular formula is C20H33NO6. The van der Waals surface area contributed by atoms with Gasteiger partial charge in [-0.15, -0.1) is 0 Å².